The van der Waals surface area contributed by atoms with Gasteiger partial charge in [0.25, 0.3) is 21.8 Å². The molecular weight excluding hydrogens is 450 g/mol. The first kappa shape index (κ1) is 22.0. The lowest BCUT2D eigenvalue weighted by atomic mass is 9.94. The quantitative estimate of drug-likeness (QED) is 0.559. The van der Waals surface area contributed by atoms with Crippen molar-refractivity contribution in [1.82, 2.24) is 9.88 Å². The van der Waals surface area contributed by atoms with Crippen molar-refractivity contribution in [3.8, 4) is 0 Å². The molecule has 32 heavy (non-hydrogen) atoms. The highest BCUT2D eigenvalue weighted by Crippen LogP contribution is 2.41. The molecule has 0 unspecified atom stereocenters. The van der Waals surface area contributed by atoms with E-state index in [1.165, 1.54) is 24.3 Å². The van der Waals surface area contributed by atoms with Crippen LogP contribution in [0.2, 0.25) is 5.02 Å². The number of nitrogens with zero attached hydrogens (tertiary/aromatic N) is 2. The van der Waals surface area contributed by atoms with Crippen molar-refractivity contribution in [3.63, 3.8) is 0 Å². The maximum absolute atomic E-state index is 13.5. The van der Waals surface area contributed by atoms with Gasteiger partial charge in [-0.3, -0.25) is 24.2 Å². The predicted octanol–water partition coefficient (Wildman–Crippen LogP) is 4.38. The van der Waals surface area contributed by atoms with Gasteiger partial charge in [-0.1, -0.05) is 35.4 Å². The average Bonchev–Trinajstić information content (AvgIpc) is 3.03. The van der Waals surface area contributed by atoms with Crippen LogP contribution >= 0.6 is 11.6 Å². The normalized spacial score (nSPS) is 13.9. The number of aromatic nitrogens is 1. The number of nitrogens with one attached hydrogen (secondary N) is 1. The lowest BCUT2D eigenvalue weighted by molar-refractivity contribution is 0.0475. The largest absolute Gasteiger partial charge is 0.279 e. The minimum Gasteiger partial charge on any atom is -0.279 e. The molecule has 3 aromatic rings. The van der Waals surface area contributed by atoms with Gasteiger partial charge in [0, 0.05) is 12.4 Å². The SMILES string of the molecule is Cc1ccc(S(=O)(=O)Nc2ccc(Cl)c3c2C(=O)N(C(C)(C)c2cccnc2)C3=O)cc1. The van der Waals surface area contributed by atoms with Crippen molar-refractivity contribution in [3.05, 3.63) is 88.2 Å². The first-order valence-corrected chi connectivity index (χ1v) is 11.6. The Morgan fingerprint density at radius 2 is 1.62 bits per heavy atom. The molecule has 1 aliphatic heterocycles. The number of aryl methyl sites for hydroxylation is 1. The average molecular weight is 470 g/mol. The molecule has 0 saturated heterocycles. The number of amides is 2. The molecule has 164 valence electrons. The van der Waals surface area contributed by atoms with E-state index in [4.69, 9.17) is 11.6 Å². The van der Waals surface area contributed by atoms with Crippen LogP contribution in [0.3, 0.4) is 0 Å². The van der Waals surface area contributed by atoms with E-state index in [0.29, 0.717) is 5.56 Å². The summed E-state index contributed by atoms with van der Waals surface area (Å²) in [4.78, 5) is 32.0. The molecule has 1 aliphatic rings. The van der Waals surface area contributed by atoms with E-state index >= 15 is 0 Å². The summed E-state index contributed by atoms with van der Waals surface area (Å²) in [6.45, 7) is 5.28. The fourth-order valence-corrected chi connectivity index (χ4v) is 5.00. The van der Waals surface area contributed by atoms with Crippen LogP contribution < -0.4 is 4.72 Å². The van der Waals surface area contributed by atoms with Gasteiger partial charge in [-0.15, -0.1) is 0 Å². The highest BCUT2D eigenvalue weighted by molar-refractivity contribution is 7.92. The molecule has 0 atom stereocenters. The molecule has 0 radical (unpaired) electrons. The van der Waals surface area contributed by atoms with E-state index in [-0.39, 0.29) is 26.7 Å². The monoisotopic (exact) mass is 469 g/mol. The van der Waals surface area contributed by atoms with Gasteiger partial charge in [0.15, 0.2) is 0 Å². The van der Waals surface area contributed by atoms with E-state index < -0.39 is 27.4 Å². The Labute approximate surface area is 191 Å². The molecule has 9 heteroatoms. The zero-order valence-corrected chi connectivity index (χ0v) is 19.2. The maximum atomic E-state index is 13.5. The number of rotatable bonds is 5. The molecule has 2 heterocycles. The van der Waals surface area contributed by atoms with Crippen LogP contribution in [0.15, 0.2) is 65.8 Å². The summed E-state index contributed by atoms with van der Waals surface area (Å²) in [6, 6.07) is 12.6. The van der Waals surface area contributed by atoms with Crippen molar-refractivity contribution >= 4 is 39.1 Å². The minimum atomic E-state index is -4.00. The van der Waals surface area contributed by atoms with Crippen LogP contribution in [-0.4, -0.2) is 30.1 Å². The Morgan fingerprint density at radius 1 is 0.969 bits per heavy atom. The summed E-state index contributed by atoms with van der Waals surface area (Å²) in [5, 5.41) is 0.0705. The van der Waals surface area contributed by atoms with Gasteiger partial charge in [-0.2, -0.15) is 0 Å². The number of anilines is 1. The van der Waals surface area contributed by atoms with Crippen molar-refractivity contribution in [2.24, 2.45) is 0 Å². The second-order valence-electron chi connectivity index (χ2n) is 8.01. The van der Waals surface area contributed by atoms with Crippen LogP contribution in [0.5, 0.6) is 0 Å². The van der Waals surface area contributed by atoms with Crippen LogP contribution in [-0.2, 0) is 15.6 Å². The van der Waals surface area contributed by atoms with E-state index in [1.807, 2.05) is 6.92 Å². The standard InChI is InChI=1S/C23H20ClN3O4S/c1-14-6-8-16(9-7-14)32(30,31)26-18-11-10-17(24)19-20(18)22(29)27(21(19)28)23(2,3)15-5-4-12-25-13-15/h4-13,26H,1-3H3. The summed E-state index contributed by atoms with van der Waals surface area (Å²) in [5.41, 5.74) is 0.399. The maximum Gasteiger partial charge on any atom is 0.264 e. The minimum absolute atomic E-state index is 0.00666. The Morgan fingerprint density at radius 3 is 2.25 bits per heavy atom. The smallest absolute Gasteiger partial charge is 0.264 e. The molecule has 2 aromatic carbocycles. The number of fused-ring (bicyclic) bond motifs is 1. The summed E-state index contributed by atoms with van der Waals surface area (Å²) < 4.78 is 28.3. The van der Waals surface area contributed by atoms with Gasteiger partial charge < -0.3 is 0 Å². The van der Waals surface area contributed by atoms with Crippen LogP contribution in [0.4, 0.5) is 5.69 Å². The number of benzene rings is 2. The molecule has 1 N–H and O–H groups in total. The van der Waals surface area contributed by atoms with Gasteiger partial charge in [0.2, 0.25) is 0 Å². The summed E-state index contributed by atoms with van der Waals surface area (Å²) in [7, 11) is -4.00. The molecule has 2 amide bonds. The van der Waals surface area contributed by atoms with Gasteiger partial charge in [-0.05, 0) is 56.7 Å². The zero-order chi connectivity index (χ0) is 23.3. The first-order valence-electron chi connectivity index (χ1n) is 9.75. The number of hydrogen-bond donors (Lipinski definition) is 1. The third-order valence-electron chi connectivity index (χ3n) is 5.49. The molecule has 1 aromatic heterocycles. The number of halogens is 1. The van der Waals surface area contributed by atoms with Crippen LogP contribution in [0.1, 0.15) is 45.7 Å². The molecule has 4 rings (SSSR count). The van der Waals surface area contributed by atoms with Crippen molar-refractivity contribution < 1.29 is 18.0 Å². The third-order valence-corrected chi connectivity index (χ3v) is 7.19. The molecule has 0 spiro atoms. The van der Waals surface area contributed by atoms with Crippen molar-refractivity contribution in [1.29, 1.82) is 0 Å². The number of hydrogen-bond acceptors (Lipinski definition) is 5. The van der Waals surface area contributed by atoms with E-state index in [9.17, 15) is 18.0 Å². The number of carbonyl (C=O) groups excluding carboxylic acids is 2. The van der Waals surface area contributed by atoms with Gasteiger partial charge >= 0.3 is 0 Å². The van der Waals surface area contributed by atoms with E-state index in [2.05, 4.69) is 9.71 Å². The summed E-state index contributed by atoms with van der Waals surface area (Å²) in [6.07, 6.45) is 3.17. The van der Waals surface area contributed by atoms with Crippen LogP contribution in [0, 0.1) is 6.92 Å². The second-order valence-corrected chi connectivity index (χ2v) is 10.1. The Bertz CT molecular complexity index is 1340. The number of sulfonamides is 1. The predicted molar refractivity (Wildman–Crippen MR) is 121 cm³/mol. The molecule has 0 aliphatic carbocycles. The van der Waals surface area contributed by atoms with E-state index in [1.54, 1.807) is 50.5 Å². The van der Waals surface area contributed by atoms with Crippen LogP contribution in [0.25, 0.3) is 0 Å². The number of pyridine rings is 1. The highest BCUT2D eigenvalue weighted by Gasteiger charge is 2.47. The summed E-state index contributed by atoms with van der Waals surface area (Å²) >= 11 is 6.28. The zero-order valence-electron chi connectivity index (χ0n) is 17.6. The van der Waals surface area contributed by atoms with Crippen molar-refractivity contribution in [2.75, 3.05) is 4.72 Å². The molecule has 7 nitrogen and oxygen atoms in total. The fourth-order valence-electron chi connectivity index (χ4n) is 3.69. The third kappa shape index (κ3) is 3.55. The Balaban J connectivity index is 1.79. The summed E-state index contributed by atoms with van der Waals surface area (Å²) in [5.74, 6) is -1.23. The first-order chi connectivity index (χ1) is 15.0. The van der Waals surface area contributed by atoms with Crippen molar-refractivity contribution in [2.45, 2.75) is 31.2 Å². The topological polar surface area (TPSA) is 96.4 Å². The fraction of sp³-hybridized carbons (Fsp3) is 0.174. The Hall–Kier alpha value is -3.23. The van der Waals surface area contributed by atoms with E-state index in [0.717, 1.165) is 10.5 Å². The molecular formula is C23H20ClN3O4S. The van der Waals surface area contributed by atoms with Gasteiger partial charge in [0.05, 0.1) is 32.3 Å². The lowest BCUT2D eigenvalue weighted by Gasteiger charge is -2.34. The molecule has 0 bridgehead atoms. The van der Waals surface area contributed by atoms with Gasteiger partial charge in [-0.25, -0.2) is 8.42 Å². The Kier molecular flexibility index (Phi) is 5.30. The molecule has 0 saturated carbocycles. The lowest BCUT2D eigenvalue weighted by Crippen LogP contribution is -2.45. The highest BCUT2D eigenvalue weighted by atomic mass is 35.5. The molecule has 0 fully saturated rings. The second kappa shape index (κ2) is 7.72. The number of carbonyl (C=O) groups is 2. The number of imide groups is 1. The van der Waals surface area contributed by atoms with Gasteiger partial charge in [0.1, 0.15) is 0 Å².